The van der Waals surface area contributed by atoms with E-state index < -0.39 is 0 Å². The smallest absolute Gasteiger partial charge is 0.271 e. The van der Waals surface area contributed by atoms with Crippen molar-refractivity contribution in [1.29, 1.82) is 0 Å². The Hall–Kier alpha value is -3.87. The molecular weight excluding hydrogens is 399 g/mol. The van der Waals surface area contributed by atoms with Crippen LogP contribution in [-0.4, -0.2) is 25.8 Å². The number of carbonyl (C=O) groups is 1. The molecule has 0 fully saturated rings. The number of ether oxygens (including phenoxy) is 3. The van der Waals surface area contributed by atoms with E-state index in [1.165, 1.54) is 25.5 Å². The van der Waals surface area contributed by atoms with Crippen LogP contribution in [0.25, 0.3) is 0 Å². The van der Waals surface area contributed by atoms with Gasteiger partial charge in [0.25, 0.3) is 5.91 Å². The van der Waals surface area contributed by atoms with Crippen LogP contribution in [0.5, 0.6) is 17.2 Å². The maximum atomic E-state index is 13.0. The molecule has 0 aliphatic rings. The van der Waals surface area contributed by atoms with Crippen molar-refractivity contribution >= 4 is 12.1 Å². The van der Waals surface area contributed by atoms with Gasteiger partial charge in [-0.3, -0.25) is 4.79 Å². The van der Waals surface area contributed by atoms with Crippen LogP contribution in [0.3, 0.4) is 0 Å². The Bertz CT molecular complexity index is 1050. The zero-order chi connectivity index (χ0) is 22.1. The van der Waals surface area contributed by atoms with Crippen molar-refractivity contribution in [1.82, 2.24) is 5.43 Å². The fraction of sp³-hybridized carbons (Fsp3) is 0.167. The van der Waals surface area contributed by atoms with Gasteiger partial charge in [0.2, 0.25) is 0 Å². The molecule has 0 aliphatic carbocycles. The molecule has 0 atom stereocenters. The van der Waals surface area contributed by atoms with Crippen molar-refractivity contribution in [3.05, 3.63) is 89.2 Å². The lowest BCUT2D eigenvalue weighted by atomic mass is 10.2. The van der Waals surface area contributed by atoms with Crippen LogP contribution in [0, 0.1) is 5.82 Å². The molecular formula is C24H23FN2O4. The van der Waals surface area contributed by atoms with Crippen molar-refractivity contribution in [2.75, 3.05) is 13.7 Å². The molecule has 160 valence electrons. The van der Waals surface area contributed by atoms with Crippen molar-refractivity contribution in [2.24, 2.45) is 5.10 Å². The number of nitrogens with zero attached hydrogens (tertiary/aromatic N) is 1. The second-order valence-electron chi connectivity index (χ2n) is 6.45. The van der Waals surface area contributed by atoms with Gasteiger partial charge >= 0.3 is 0 Å². The van der Waals surface area contributed by atoms with Crippen molar-refractivity contribution in [3.8, 4) is 17.2 Å². The van der Waals surface area contributed by atoms with Crippen LogP contribution in [0.15, 0.2) is 71.8 Å². The largest absolute Gasteiger partial charge is 0.493 e. The molecule has 0 bridgehead atoms. The lowest BCUT2D eigenvalue weighted by Crippen LogP contribution is -2.17. The average molecular weight is 422 g/mol. The zero-order valence-electron chi connectivity index (χ0n) is 17.3. The van der Waals surface area contributed by atoms with Crippen LogP contribution in [0.1, 0.15) is 28.4 Å². The summed E-state index contributed by atoms with van der Waals surface area (Å²) in [5.74, 6) is 0.949. The molecule has 3 aromatic rings. The van der Waals surface area contributed by atoms with Crippen molar-refractivity contribution in [3.63, 3.8) is 0 Å². The number of para-hydroxylation sites is 1. The van der Waals surface area contributed by atoms with E-state index in [9.17, 15) is 9.18 Å². The highest BCUT2D eigenvalue weighted by Crippen LogP contribution is 2.28. The summed E-state index contributed by atoms with van der Waals surface area (Å²) >= 11 is 0. The molecule has 31 heavy (non-hydrogen) atoms. The molecule has 0 unspecified atom stereocenters. The molecule has 3 rings (SSSR count). The first kappa shape index (κ1) is 21.8. The molecule has 1 amide bonds. The fourth-order valence-electron chi connectivity index (χ4n) is 2.77. The lowest BCUT2D eigenvalue weighted by molar-refractivity contribution is 0.0954. The van der Waals surface area contributed by atoms with E-state index in [4.69, 9.17) is 14.2 Å². The van der Waals surface area contributed by atoms with E-state index in [2.05, 4.69) is 10.5 Å². The number of nitrogens with one attached hydrogen (secondary N) is 1. The summed E-state index contributed by atoms with van der Waals surface area (Å²) in [6, 6.07) is 18.3. The highest BCUT2D eigenvalue weighted by molar-refractivity contribution is 5.95. The number of hydrogen-bond donors (Lipinski definition) is 1. The number of methoxy groups -OCH3 is 1. The Labute approximate surface area is 180 Å². The van der Waals surface area contributed by atoms with E-state index in [1.54, 1.807) is 36.4 Å². The summed E-state index contributed by atoms with van der Waals surface area (Å²) < 4.78 is 29.6. The number of benzene rings is 3. The summed E-state index contributed by atoms with van der Waals surface area (Å²) in [6.45, 7) is 2.59. The molecule has 0 saturated carbocycles. The topological polar surface area (TPSA) is 69.2 Å². The van der Waals surface area contributed by atoms with Gasteiger partial charge in [-0.05, 0) is 55.0 Å². The maximum absolute atomic E-state index is 13.0. The van der Waals surface area contributed by atoms with Gasteiger partial charge in [-0.15, -0.1) is 0 Å². The van der Waals surface area contributed by atoms with Gasteiger partial charge in [0.1, 0.15) is 18.2 Å². The van der Waals surface area contributed by atoms with Crippen LogP contribution in [0.2, 0.25) is 0 Å². The Kier molecular flexibility index (Phi) is 7.59. The summed E-state index contributed by atoms with van der Waals surface area (Å²) in [4.78, 5) is 12.4. The molecule has 0 saturated heterocycles. The van der Waals surface area contributed by atoms with Gasteiger partial charge in [-0.2, -0.15) is 5.10 Å². The van der Waals surface area contributed by atoms with Crippen molar-refractivity contribution < 1.29 is 23.4 Å². The average Bonchev–Trinajstić information content (AvgIpc) is 2.79. The van der Waals surface area contributed by atoms with E-state index in [1.807, 2.05) is 25.1 Å². The fourth-order valence-corrected chi connectivity index (χ4v) is 2.77. The predicted molar refractivity (Wildman–Crippen MR) is 116 cm³/mol. The second kappa shape index (κ2) is 10.8. The monoisotopic (exact) mass is 422 g/mol. The Morgan fingerprint density at radius 3 is 2.52 bits per heavy atom. The van der Waals surface area contributed by atoms with Crippen LogP contribution < -0.4 is 19.6 Å². The minimum Gasteiger partial charge on any atom is -0.493 e. The van der Waals surface area contributed by atoms with Gasteiger partial charge < -0.3 is 14.2 Å². The molecule has 1 N–H and O–H groups in total. The maximum Gasteiger partial charge on any atom is 0.271 e. The Morgan fingerprint density at radius 2 is 1.77 bits per heavy atom. The molecule has 6 nitrogen and oxygen atoms in total. The zero-order valence-corrected chi connectivity index (χ0v) is 17.3. The number of hydrazone groups is 1. The predicted octanol–water partition coefficient (Wildman–Crippen LogP) is 4.58. The standard InChI is InChI=1S/C24H23FN2O4/c1-3-30-23-14-18(10-13-22(23)29-2)24(28)27-26-15-19-6-4-5-7-21(19)31-16-17-8-11-20(25)12-9-17/h4-15H,3,16H2,1-2H3,(H,27,28)/b26-15+. The van der Waals surface area contributed by atoms with Gasteiger partial charge in [0.15, 0.2) is 11.5 Å². The van der Waals surface area contributed by atoms with E-state index in [0.29, 0.717) is 35.0 Å². The van der Waals surface area contributed by atoms with Crippen LogP contribution >= 0.6 is 0 Å². The summed E-state index contributed by atoms with van der Waals surface area (Å²) in [5.41, 5.74) is 4.42. The molecule has 0 aromatic heterocycles. The number of rotatable bonds is 9. The van der Waals surface area contributed by atoms with Crippen molar-refractivity contribution in [2.45, 2.75) is 13.5 Å². The third-order valence-electron chi connectivity index (χ3n) is 4.32. The van der Waals surface area contributed by atoms with E-state index in [-0.39, 0.29) is 18.3 Å². The first-order valence-corrected chi connectivity index (χ1v) is 9.71. The SMILES string of the molecule is CCOc1cc(C(=O)N/N=C/c2ccccc2OCc2ccc(F)cc2)ccc1OC. The second-order valence-corrected chi connectivity index (χ2v) is 6.45. The Balaban J connectivity index is 1.65. The molecule has 0 aliphatic heterocycles. The first-order valence-electron chi connectivity index (χ1n) is 9.71. The molecule has 0 radical (unpaired) electrons. The van der Waals surface area contributed by atoms with Gasteiger partial charge in [0, 0.05) is 11.1 Å². The third-order valence-corrected chi connectivity index (χ3v) is 4.32. The van der Waals surface area contributed by atoms with E-state index >= 15 is 0 Å². The van der Waals surface area contributed by atoms with Gasteiger partial charge in [0.05, 0.1) is 19.9 Å². The highest BCUT2D eigenvalue weighted by atomic mass is 19.1. The molecule has 0 heterocycles. The number of carbonyl (C=O) groups excluding carboxylic acids is 1. The summed E-state index contributed by atoms with van der Waals surface area (Å²) in [6.07, 6.45) is 1.50. The number of amides is 1. The quantitative estimate of drug-likeness (QED) is 0.405. The first-order chi connectivity index (χ1) is 15.1. The number of hydrogen-bond acceptors (Lipinski definition) is 5. The highest BCUT2D eigenvalue weighted by Gasteiger charge is 2.10. The minimum absolute atomic E-state index is 0.281. The third kappa shape index (κ3) is 6.05. The minimum atomic E-state index is -0.385. The summed E-state index contributed by atoms with van der Waals surface area (Å²) in [7, 11) is 1.54. The van der Waals surface area contributed by atoms with Crippen LogP contribution in [-0.2, 0) is 6.61 Å². The van der Waals surface area contributed by atoms with Gasteiger partial charge in [-0.25, -0.2) is 9.82 Å². The molecule has 0 spiro atoms. The lowest BCUT2D eigenvalue weighted by Gasteiger charge is -2.10. The Morgan fingerprint density at radius 1 is 1.00 bits per heavy atom. The van der Waals surface area contributed by atoms with E-state index in [0.717, 1.165) is 5.56 Å². The normalized spacial score (nSPS) is 10.7. The van der Waals surface area contributed by atoms with Gasteiger partial charge in [-0.1, -0.05) is 24.3 Å². The van der Waals surface area contributed by atoms with Crippen LogP contribution in [0.4, 0.5) is 4.39 Å². The number of halogens is 1. The summed E-state index contributed by atoms with van der Waals surface area (Å²) in [5, 5.41) is 4.04. The molecule has 7 heteroatoms. The molecule has 3 aromatic carbocycles.